The Morgan fingerprint density at radius 1 is 1.22 bits per heavy atom. The highest BCUT2D eigenvalue weighted by Crippen LogP contribution is 2.30. The predicted molar refractivity (Wildman–Crippen MR) is 105 cm³/mol. The third kappa shape index (κ3) is 4.90. The Bertz CT molecular complexity index is 796. The zero-order chi connectivity index (χ0) is 19.3. The van der Waals surface area contributed by atoms with Gasteiger partial charge in [0.05, 0.1) is 17.7 Å². The van der Waals surface area contributed by atoms with Crippen molar-refractivity contribution in [1.29, 1.82) is 0 Å². The number of ether oxygens (including phenoxy) is 1. The molecule has 1 aromatic carbocycles. The van der Waals surface area contributed by atoms with E-state index in [1.54, 1.807) is 16.4 Å². The van der Waals surface area contributed by atoms with E-state index in [1.165, 1.54) is 13.2 Å². The first-order valence-corrected chi connectivity index (χ1v) is 11.1. The molecule has 0 spiro atoms. The van der Waals surface area contributed by atoms with Crippen LogP contribution in [0.5, 0.6) is 5.75 Å². The molecule has 0 saturated carbocycles. The van der Waals surface area contributed by atoms with E-state index < -0.39 is 10.0 Å². The maximum Gasteiger partial charge on any atom is 0.243 e. The molecule has 1 atom stereocenters. The fourth-order valence-corrected chi connectivity index (χ4v) is 5.22. The van der Waals surface area contributed by atoms with Crippen LogP contribution >= 0.6 is 0 Å². The molecule has 2 aliphatic rings. The SMILES string of the molecule is COc1ccc(S(=O)(=O)N2CCCCCC2)cc1NC(=O)CC1C=CCC1. The fourth-order valence-electron chi connectivity index (χ4n) is 3.68. The molecule has 1 fully saturated rings. The average molecular weight is 393 g/mol. The average Bonchev–Trinajstić information content (AvgIpc) is 2.99. The smallest absolute Gasteiger partial charge is 0.243 e. The highest BCUT2D eigenvalue weighted by molar-refractivity contribution is 7.89. The summed E-state index contributed by atoms with van der Waals surface area (Å²) in [5, 5.41) is 2.84. The molecule has 0 bridgehead atoms. The molecule has 1 heterocycles. The van der Waals surface area contributed by atoms with Crippen molar-refractivity contribution in [3.63, 3.8) is 0 Å². The second-order valence-electron chi connectivity index (χ2n) is 7.20. The lowest BCUT2D eigenvalue weighted by atomic mass is 10.1. The molecule has 0 radical (unpaired) electrons. The summed E-state index contributed by atoms with van der Waals surface area (Å²) >= 11 is 0. The summed E-state index contributed by atoms with van der Waals surface area (Å²) in [6, 6.07) is 4.67. The Labute approximate surface area is 161 Å². The first-order chi connectivity index (χ1) is 13.0. The number of rotatable bonds is 6. The lowest BCUT2D eigenvalue weighted by Crippen LogP contribution is -2.32. The van der Waals surface area contributed by atoms with Crippen molar-refractivity contribution >= 4 is 21.6 Å². The van der Waals surface area contributed by atoms with Gasteiger partial charge in [-0.3, -0.25) is 4.79 Å². The summed E-state index contributed by atoms with van der Waals surface area (Å²) < 4.78 is 32.9. The number of carbonyl (C=O) groups excluding carboxylic acids is 1. The van der Waals surface area contributed by atoms with E-state index in [1.807, 2.05) is 0 Å². The number of allylic oxidation sites excluding steroid dienone is 2. The molecule has 1 aromatic rings. The quantitative estimate of drug-likeness (QED) is 0.751. The fraction of sp³-hybridized carbons (Fsp3) is 0.550. The van der Waals surface area contributed by atoms with Crippen molar-refractivity contribution in [1.82, 2.24) is 4.31 Å². The maximum atomic E-state index is 13.0. The molecular weight excluding hydrogens is 364 g/mol. The molecular formula is C20H28N2O4S. The number of hydrogen-bond acceptors (Lipinski definition) is 4. The van der Waals surface area contributed by atoms with E-state index >= 15 is 0 Å². The van der Waals surface area contributed by atoms with Gasteiger partial charge in [-0.15, -0.1) is 0 Å². The van der Waals surface area contributed by atoms with Crippen LogP contribution in [0.4, 0.5) is 5.69 Å². The Morgan fingerprint density at radius 2 is 1.96 bits per heavy atom. The Balaban J connectivity index is 1.79. The number of amides is 1. The van der Waals surface area contributed by atoms with Gasteiger partial charge in [-0.25, -0.2) is 8.42 Å². The van der Waals surface area contributed by atoms with Gasteiger partial charge in [0.1, 0.15) is 5.75 Å². The summed E-state index contributed by atoms with van der Waals surface area (Å²) in [7, 11) is -2.07. The summed E-state index contributed by atoms with van der Waals surface area (Å²) in [6.07, 6.45) is 10.4. The molecule has 1 saturated heterocycles. The number of methoxy groups -OCH3 is 1. The largest absolute Gasteiger partial charge is 0.495 e. The molecule has 1 unspecified atom stereocenters. The van der Waals surface area contributed by atoms with Crippen molar-refractivity contribution in [2.75, 3.05) is 25.5 Å². The van der Waals surface area contributed by atoms with Crippen molar-refractivity contribution in [2.24, 2.45) is 5.92 Å². The van der Waals surface area contributed by atoms with Crippen molar-refractivity contribution < 1.29 is 17.9 Å². The lowest BCUT2D eigenvalue weighted by molar-refractivity contribution is -0.116. The van der Waals surface area contributed by atoms with Gasteiger partial charge in [-0.2, -0.15) is 4.31 Å². The lowest BCUT2D eigenvalue weighted by Gasteiger charge is -2.21. The first kappa shape index (κ1) is 19.9. The third-order valence-electron chi connectivity index (χ3n) is 5.21. The number of nitrogens with zero attached hydrogens (tertiary/aromatic N) is 1. The van der Waals surface area contributed by atoms with E-state index in [2.05, 4.69) is 17.5 Å². The van der Waals surface area contributed by atoms with Gasteiger partial charge in [-0.1, -0.05) is 25.0 Å². The van der Waals surface area contributed by atoms with Gasteiger partial charge in [0.15, 0.2) is 0 Å². The maximum absolute atomic E-state index is 13.0. The van der Waals surface area contributed by atoms with Crippen molar-refractivity contribution in [2.45, 2.75) is 49.8 Å². The zero-order valence-electron chi connectivity index (χ0n) is 15.8. The molecule has 6 nitrogen and oxygen atoms in total. The van der Waals surface area contributed by atoms with Crippen molar-refractivity contribution in [3.05, 3.63) is 30.4 Å². The minimum atomic E-state index is -3.58. The topological polar surface area (TPSA) is 75.7 Å². The molecule has 1 aliphatic carbocycles. The van der Waals surface area contributed by atoms with Gasteiger partial charge in [0.2, 0.25) is 15.9 Å². The summed E-state index contributed by atoms with van der Waals surface area (Å²) in [6.45, 7) is 1.09. The zero-order valence-corrected chi connectivity index (χ0v) is 16.6. The monoisotopic (exact) mass is 392 g/mol. The minimum Gasteiger partial charge on any atom is -0.495 e. The number of carbonyl (C=O) groups is 1. The standard InChI is InChI=1S/C20H28N2O4S/c1-26-19-11-10-17(27(24,25)22-12-6-2-3-7-13-22)15-18(19)21-20(23)14-16-8-4-5-9-16/h4,8,10-11,15-16H,2-3,5-7,9,12-14H2,1H3,(H,21,23). The first-order valence-electron chi connectivity index (χ1n) is 9.65. The molecule has 27 heavy (non-hydrogen) atoms. The normalized spacial score (nSPS) is 21.0. The number of benzene rings is 1. The molecule has 148 valence electrons. The van der Waals surface area contributed by atoms with Crippen LogP contribution in [0.3, 0.4) is 0 Å². The second kappa shape index (κ2) is 8.89. The molecule has 1 aliphatic heterocycles. The van der Waals surface area contributed by atoms with Crippen LogP contribution in [0, 0.1) is 5.92 Å². The second-order valence-corrected chi connectivity index (χ2v) is 9.14. The van der Waals surface area contributed by atoms with Crippen LogP contribution in [0.25, 0.3) is 0 Å². The van der Waals surface area contributed by atoms with Gasteiger partial charge < -0.3 is 10.1 Å². The molecule has 1 amide bonds. The highest BCUT2D eigenvalue weighted by Gasteiger charge is 2.26. The van der Waals surface area contributed by atoms with Crippen LogP contribution in [0.15, 0.2) is 35.2 Å². The minimum absolute atomic E-state index is 0.130. The molecule has 3 rings (SSSR count). The van der Waals surface area contributed by atoms with E-state index in [9.17, 15) is 13.2 Å². The number of anilines is 1. The third-order valence-corrected chi connectivity index (χ3v) is 7.10. The van der Waals surface area contributed by atoms with Crippen LogP contribution in [-0.4, -0.2) is 38.8 Å². The predicted octanol–water partition coefficient (Wildman–Crippen LogP) is 3.55. The number of sulfonamides is 1. The van der Waals surface area contributed by atoms with Crippen molar-refractivity contribution in [3.8, 4) is 5.75 Å². The Morgan fingerprint density at radius 3 is 2.59 bits per heavy atom. The summed E-state index contributed by atoms with van der Waals surface area (Å²) in [5.41, 5.74) is 0.403. The van der Waals surface area contributed by atoms with Crippen LogP contribution in [0.1, 0.15) is 44.9 Å². The van der Waals surface area contributed by atoms with Crippen LogP contribution in [-0.2, 0) is 14.8 Å². The van der Waals surface area contributed by atoms with Gasteiger partial charge in [0.25, 0.3) is 0 Å². The Hall–Kier alpha value is -1.86. The van der Waals surface area contributed by atoms with Gasteiger partial charge >= 0.3 is 0 Å². The summed E-state index contributed by atoms with van der Waals surface area (Å²) in [4.78, 5) is 12.6. The number of nitrogens with one attached hydrogen (secondary N) is 1. The van der Waals surface area contributed by atoms with Crippen LogP contribution < -0.4 is 10.1 Å². The Kier molecular flexibility index (Phi) is 6.55. The van der Waals surface area contributed by atoms with Gasteiger partial charge in [-0.05, 0) is 49.8 Å². The van der Waals surface area contributed by atoms with E-state index in [4.69, 9.17) is 4.74 Å². The molecule has 0 aromatic heterocycles. The molecule has 7 heteroatoms. The van der Waals surface area contributed by atoms with E-state index in [0.717, 1.165) is 38.5 Å². The van der Waals surface area contributed by atoms with E-state index in [-0.39, 0.29) is 16.7 Å². The van der Waals surface area contributed by atoms with E-state index in [0.29, 0.717) is 30.9 Å². The van der Waals surface area contributed by atoms with Crippen LogP contribution in [0.2, 0.25) is 0 Å². The van der Waals surface area contributed by atoms with Gasteiger partial charge in [0, 0.05) is 19.5 Å². The summed E-state index contributed by atoms with van der Waals surface area (Å²) in [5.74, 6) is 0.578. The highest BCUT2D eigenvalue weighted by atomic mass is 32.2. The number of hydrogen-bond donors (Lipinski definition) is 1. The molecule has 1 N–H and O–H groups in total.